The van der Waals surface area contributed by atoms with Crippen LogP contribution in [0.3, 0.4) is 0 Å². The normalized spacial score (nSPS) is 12.3. The van der Waals surface area contributed by atoms with Crippen molar-refractivity contribution in [2.24, 2.45) is 0 Å². The van der Waals surface area contributed by atoms with Gasteiger partial charge in [0.1, 0.15) is 18.1 Å². The summed E-state index contributed by atoms with van der Waals surface area (Å²) in [6.07, 6.45) is 5.05. The van der Waals surface area contributed by atoms with Crippen molar-refractivity contribution in [3.63, 3.8) is 0 Å². The number of hydrogen-bond donors (Lipinski definition) is 0. The van der Waals surface area contributed by atoms with Crippen LogP contribution in [0.1, 0.15) is 41.0 Å². The number of nitrogens with zero attached hydrogens (tertiary/aromatic N) is 5. The maximum Gasteiger partial charge on any atom is 0.274 e. The second kappa shape index (κ2) is 8.00. The molecule has 8 heteroatoms. The Morgan fingerprint density at radius 2 is 2.11 bits per heavy atom. The minimum atomic E-state index is -0.105. The average molecular weight is 390 g/mol. The van der Waals surface area contributed by atoms with Crippen molar-refractivity contribution in [1.82, 2.24) is 24.5 Å². The van der Waals surface area contributed by atoms with Crippen LogP contribution < -0.4 is 0 Å². The lowest BCUT2D eigenvalue weighted by atomic mass is 10.1. The second-order valence-electron chi connectivity index (χ2n) is 6.75. The van der Waals surface area contributed by atoms with Crippen LogP contribution in [0.5, 0.6) is 0 Å². The van der Waals surface area contributed by atoms with Crippen molar-refractivity contribution in [1.29, 1.82) is 0 Å². The highest BCUT2D eigenvalue weighted by Gasteiger charge is 2.20. The summed E-state index contributed by atoms with van der Waals surface area (Å²) in [6, 6.07) is 5.62. The van der Waals surface area contributed by atoms with Gasteiger partial charge in [-0.1, -0.05) is 11.6 Å². The molecular weight excluding hydrogens is 366 g/mol. The summed E-state index contributed by atoms with van der Waals surface area (Å²) < 4.78 is 8.81. The van der Waals surface area contributed by atoms with Gasteiger partial charge in [0.2, 0.25) is 0 Å². The van der Waals surface area contributed by atoms with Crippen molar-refractivity contribution < 1.29 is 9.21 Å². The van der Waals surface area contributed by atoms with Crippen LogP contribution in [0.15, 0.2) is 35.1 Å². The quantitative estimate of drug-likeness (QED) is 0.619. The third-order valence-electron chi connectivity index (χ3n) is 4.80. The minimum Gasteiger partial charge on any atom is -0.469 e. The van der Waals surface area contributed by atoms with E-state index in [9.17, 15) is 4.79 Å². The van der Waals surface area contributed by atoms with Crippen LogP contribution in [-0.2, 0) is 13.1 Å². The summed E-state index contributed by atoms with van der Waals surface area (Å²) in [4.78, 5) is 14.4. The number of aryl methyl sites for hydroxylation is 2. The molecule has 7 nitrogen and oxygen atoms in total. The molecule has 0 N–H and O–H groups in total. The topological polar surface area (TPSA) is 69.1 Å². The number of halogens is 1. The highest BCUT2D eigenvalue weighted by molar-refractivity contribution is 6.31. The molecule has 3 aromatic heterocycles. The standard InChI is InChI=1S/C19H24ClN5O2/c1-13(7-8-16-6-5-11-27-16)23(4)19(26)17-9-10-24(22-17)12-25-15(3)18(20)14(2)21-25/h5-6,9-11,13H,7-8,12H2,1-4H3. The maximum atomic E-state index is 12.7. The van der Waals surface area contributed by atoms with Crippen molar-refractivity contribution in [3.8, 4) is 0 Å². The Morgan fingerprint density at radius 3 is 2.74 bits per heavy atom. The predicted molar refractivity (Wildman–Crippen MR) is 103 cm³/mol. The first-order chi connectivity index (χ1) is 12.9. The molecule has 0 bridgehead atoms. The van der Waals surface area contributed by atoms with E-state index in [4.69, 9.17) is 16.0 Å². The van der Waals surface area contributed by atoms with E-state index < -0.39 is 0 Å². The molecule has 0 spiro atoms. The van der Waals surface area contributed by atoms with Gasteiger partial charge in [-0.15, -0.1) is 0 Å². The lowest BCUT2D eigenvalue weighted by Crippen LogP contribution is -2.35. The van der Waals surface area contributed by atoms with Crippen molar-refractivity contribution >= 4 is 17.5 Å². The Bertz CT molecular complexity index is 913. The molecule has 0 aliphatic carbocycles. The van der Waals surface area contributed by atoms with Gasteiger partial charge in [-0.2, -0.15) is 10.2 Å². The first kappa shape index (κ1) is 19.2. The Hall–Kier alpha value is -2.54. The van der Waals surface area contributed by atoms with E-state index in [0.29, 0.717) is 17.4 Å². The molecule has 0 saturated heterocycles. The van der Waals surface area contributed by atoms with E-state index in [1.54, 1.807) is 39.8 Å². The van der Waals surface area contributed by atoms with Gasteiger partial charge >= 0.3 is 0 Å². The second-order valence-corrected chi connectivity index (χ2v) is 7.13. The summed E-state index contributed by atoms with van der Waals surface area (Å²) in [5.74, 6) is 0.822. The zero-order valence-electron chi connectivity index (χ0n) is 16.0. The summed E-state index contributed by atoms with van der Waals surface area (Å²) in [5, 5.41) is 9.45. The van der Waals surface area contributed by atoms with Gasteiger partial charge in [0.25, 0.3) is 5.91 Å². The number of hydrogen-bond acceptors (Lipinski definition) is 4. The molecule has 3 heterocycles. The molecule has 144 valence electrons. The van der Waals surface area contributed by atoms with Gasteiger partial charge in [-0.3, -0.25) is 9.48 Å². The Balaban J connectivity index is 1.62. The molecule has 27 heavy (non-hydrogen) atoms. The van der Waals surface area contributed by atoms with E-state index in [2.05, 4.69) is 10.2 Å². The molecule has 0 saturated carbocycles. The number of aromatic nitrogens is 4. The van der Waals surface area contributed by atoms with Crippen molar-refractivity contribution in [2.45, 2.75) is 46.3 Å². The molecule has 0 aliphatic heterocycles. The fourth-order valence-corrected chi connectivity index (χ4v) is 3.02. The van der Waals surface area contributed by atoms with Gasteiger partial charge < -0.3 is 9.32 Å². The molecule has 0 aromatic carbocycles. The van der Waals surface area contributed by atoms with Crippen LogP contribution in [-0.4, -0.2) is 43.5 Å². The number of rotatable bonds is 7. The molecule has 1 atom stereocenters. The van der Waals surface area contributed by atoms with E-state index in [0.717, 1.165) is 30.0 Å². The minimum absolute atomic E-state index is 0.0718. The Labute approximate surface area is 163 Å². The summed E-state index contributed by atoms with van der Waals surface area (Å²) >= 11 is 6.18. The van der Waals surface area contributed by atoms with Gasteiger partial charge in [0.15, 0.2) is 0 Å². The van der Waals surface area contributed by atoms with E-state index in [1.165, 1.54) is 0 Å². The van der Waals surface area contributed by atoms with Crippen molar-refractivity contribution in [3.05, 3.63) is 58.5 Å². The molecular formula is C19H24ClN5O2. The van der Waals surface area contributed by atoms with Gasteiger partial charge in [0, 0.05) is 25.7 Å². The number of carbonyl (C=O) groups excluding carboxylic acids is 1. The molecule has 0 aliphatic rings. The highest BCUT2D eigenvalue weighted by Crippen LogP contribution is 2.19. The lowest BCUT2D eigenvalue weighted by molar-refractivity contribution is 0.0729. The summed E-state index contributed by atoms with van der Waals surface area (Å²) in [6.45, 7) is 6.20. The number of carbonyl (C=O) groups is 1. The summed E-state index contributed by atoms with van der Waals surface area (Å²) in [5.41, 5.74) is 2.07. The van der Waals surface area contributed by atoms with Crippen LogP contribution in [0.25, 0.3) is 0 Å². The highest BCUT2D eigenvalue weighted by atomic mass is 35.5. The van der Waals surface area contributed by atoms with Crippen LogP contribution in [0, 0.1) is 13.8 Å². The largest absolute Gasteiger partial charge is 0.469 e. The molecule has 3 rings (SSSR count). The van der Waals surface area contributed by atoms with Crippen LogP contribution in [0.4, 0.5) is 0 Å². The molecule has 3 aromatic rings. The molecule has 0 fully saturated rings. The first-order valence-electron chi connectivity index (χ1n) is 8.89. The third-order valence-corrected chi connectivity index (χ3v) is 5.35. The molecule has 1 amide bonds. The lowest BCUT2D eigenvalue weighted by Gasteiger charge is -2.23. The third kappa shape index (κ3) is 4.24. The Morgan fingerprint density at radius 1 is 1.33 bits per heavy atom. The monoisotopic (exact) mass is 389 g/mol. The van der Waals surface area contributed by atoms with E-state index in [1.807, 2.05) is 32.9 Å². The number of amides is 1. The van der Waals surface area contributed by atoms with Crippen molar-refractivity contribution in [2.75, 3.05) is 7.05 Å². The van der Waals surface area contributed by atoms with Gasteiger partial charge in [0.05, 0.1) is 22.7 Å². The van der Waals surface area contributed by atoms with Crippen LogP contribution in [0.2, 0.25) is 5.02 Å². The smallest absolute Gasteiger partial charge is 0.274 e. The van der Waals surface area contributed by atoms with Gasteiger partial charge in [-0.25, -0.2) is 4.68 Å². The average Bonchev–Trinajstić information content (AvgIpc) is 3.38. The van der Waals surface area contributed by atoms with Gasteiger partial charge in [-0.05, 0) is 45.4 Å². The fraction of sp³-hybridized carbons (Fsp3) is 0.421. The number of furan rings is 1. The molecule has 1 unspecified atom stereocenters. The summed E-state index contributed by atoms with van der Waals surface area (Å²) in [7, 11) is 1.80. The molecule has 0 radical (unpaired) electrons. The zero-order valence-corrected chi connectivity index (χ0v) is 16.8. The maximum absolute atomic E-state index is 12.7. The predicted octanol–water partition coefficient (Wildman–Crippen LogP) is 3.54. The van der Waals surface area contributed by atoms with E-state index >= 15 is 0 Å². The first-order valence-corrected chi connectivity index (χ1v) is 9.27. The Kier molecular flexibility index (Phi) is 5.70. The SMILES string of the molecule is Cc1nn(Cn2ccc(C(=O)N(C)C(C)CCc3ccco3)n2)c(C)c1Cl. The van der Waals surface area contributed by atoms with E-state index in [-0.39, 0.29) is 11.9 Å². The zero-order chi connectivity index (χ0) is 19.6. The van der Waals surface area contributed by atoms with Crippen LogP contribution >= 0.6 is 11.6 Å². The fourth-order valence-electron chi connectivity index (χ4n) is 2.88.